The number of anilines is 1. The van der Waals surface area contributed by atoms with Crippen LogP contribution in [0, 0.1) is 20.2 Å². The van der Waals surface area contributed by atoms with Gasteiger partial charge in [0.25, 0.3) is 11.4 Å². The Morgan fingerprint density at radius 2 is 1.90 bits per heavy atom. The van der Waals surface area contributed by atoms with Crippen molar-refractivity contribution in [3.8, 4) is 0 Å². The van der Waals surface area contributed by atoms with Gasteiger partial charge in [-0.25, -0.2) is 4.79 Å². The van der Waals surface area contributed by atoms with E-state index in [0.717, 1.165) is 12.1 Å². The number of nitro benzene ring substituents is 2. The summed E-state index contributed by atoms with van der Waals surface area (Å²) in [6.45, 7) is 1.20. The van der Waals surface area contributed by atoms with Gasteiger partial charge in [-0.3, -0.25) is 20.2 Å². The summed E-state index contributed by atoms with van der Waals surface area (Å²) in [6, 6.07) is 1.25. The van der Waals surface area contributed by atoms with Crippen LogP contribution in [0.15, 0.2) is 18.2 Å². The molecule has 10 nitrogen and oxygen atoms in total. The highest BCUT2D eigenvalue weighted by Gasteiger charge is 2.27. The fourth-order valence-corrected chi connectivity index (χ4v) is 1.46. The number of carbonyl (C=O) groups is 1. The average Bonchev–Trinajstić information content (AvgIpc) is 2.34. The summed E-state index contributed by atoms with van der Waals surface area (Å²) in [7, 11) is 0. The molecule has 108 valence electrons. The van der Waals surface area contributed by atoms with Gasteiger partial charge in [-0.1, -0.05) is 0 Å². The summed E-state index contributed by atoms with van der Waals surface area (Å²) in [5.41, 5.74) is -1.37. The molecule has 0 bridgehead atoms. The van der Waals surface area contributed by atoms with E-state index in [9.17, 15) is 30.1 Å². The zero-order chi connectivity index (χ0) is 15.4. The largest absolute Gasteiger partial charge is 0.480 e. The monoisotopic (exact) mass is 285 g/mol. The summed E-state index contributed by atoms with van der Waals surface area (Å²) in [4.78, 5) is 30.6. The van der Waals surface area contributed by atoms with Crippen molar-refractivity contribution in [2.24, 2.45) is 0 Å². The van der Waals surface area contributed by atoms with Crippen LogP contribution in [-0.4, -0.2) is 38.2 Å². The van der Waals surface area contributed by atoms with Crippen LogP contribution in [0.3, 0.4) is 0 Å². The van der Waals surface area contributed by atoms with Gasteiger partial charge in [0.2, 0.25) is 0 Å². The number of non-ortho nitro benzene ring substituents is 1. The number of aliphatic hydroxyl groups is 1. The first-order valence-electron chi connectivity index (χ1n) is 5.34. The number of aliphatic hydroxyl groups excluding tert-OH is 1. The van der Waals surface area contributed by atoms with E-state index < -0.39 is 39.3 Å². The fraction of sp³-hybridized carbons (Fsp3) is 0.300. The van der Waals surface area contributed by atoms with Crippen LogP contribution in [0.25, 0.3) is 0 Å². The molecule has 0 aliphatic rings. The molecule has 2 atom stereocenters. The number of carboxylic acids is 1. The lowest BCUT2D eigenvalue weighted by molar-refractivity contribution is -0.393. The van der Waals surface area contributed by atoms with E-state index in [1.807, 2.05) is 0 Å². The molecule has 0 radical (unpaired) electrons. The van der Waals surface area contributed by atoms with Crippen molar-refractivity contribution in [3.05, 3.63) is 38.4 Å². The van der Waals surface area contributed by atoms with Crippen molar-refractivity contribution < 1.29 is 24.9 Å². The van der Waals surface area contributed by atoms with Crippen molar-refractivity contribution in [2.75, 3.05) is 5.32 Å². The number of nitro groups is 2. The number of hydrogen-bond acceptors (Lipinski definition) is 7. The second-order valence-electron chi connectivity index (χ2n) is 3.92. The number of aliphatic carboxylic acids is 1. The molecule has 1 rings (SSSR count). The van der Waals surface area contributed by atoms with Crippen molar-refractivity contribution in [1.82, 2.24) is 0 Å². The van der Waals surface area contributed by atoms with Gasteiger partial charge in [-0.2, -0.15) is 0 Å². The molecule has 0 heterocycles. The lowest BCUT2D eigenvalue weighted by Gasteiger charge is -2.17. The molecule has 20 heavy (non-hydrogen) atoms. The molecule has 10 heteroatoms. The molecule has 0 amide bonds. The summed E-state index contributed by atoms with van der Waals surface area (Å²) < 4.78 is 0. The van der Waals surface area contributed by atoms with Crippen molar-refractivity contribution in [2.45, 2.75) is 19.1 Å². The highest BCUT2D eigenvalue weighted by atomic mass is 16.6. The lowest BCUT2D eigenvalue weighted by Crippen LogP contribution is -2.39. The number of rotatable bonds is 6. The van der Waals surface area contributed by atoms with Crippen LogP contribution in [-0.2, 0) is 4.79 Å². The topological polar surface area (TPSA) is 156 Å². The molecular weight excluding hydrogens is 274 g/mol. The number of benzene rings is 1. The van der Waals surface area contributed by atoms with Crippen molar-refractivity contribution in [1.29, 1.82) is 0 Å². The predicted molar refractivity (Wildman–Crippen MR) is 66.5 cm³/mol. The molecule has 0 unspecified atom stereocenters. The van der Waals surface area contributed by atoms with Gasteiger partial charge in [-0.05, 0) is 13.0 Å². The molecule has 1 aromatic carbocycles. The Kier molecular flexibility index (Phi) is 4.54. The Bertz CT molecular complexity index is 558. The van der Waals surface area contributed by atoms with E-state index in [4.69, 9.17) is 5.11 Å². The maximum Gasteiger partial charge on any atom is 0.328 e. The molecule has 3 N–H and O–H groups in total. The van der Waals surface area contributed by atoms with Gasteiger partial charge in [0.05, 0.1) is 22.0 Å². The van der Waals surface area contributed by atoms with Crippen LogP contribution in [0.1, 0.15) is 6.92 Å². The summed E-state index contributed by atoms with van der Waals surface area (Å²) >= 11 is 0. The minimum Gasteiger partial charge on any atom is -0.480 e. The minimum atomic E-state index is -1.48. The first-order valence-corrected chi connectivity index (χ1v) is 5.34. The molecule has 0 spiro atoms. The normalized spacial score (nSPS) is 13.3. The highest BCUT2D eigenvalue weighted by molar-refractivity contribution is 5.80. The minimum absolute atomic E-state index is 0.228. The average molecular weight is 285 g/mol. The van der Waals surface area contributed by atoms with Crippen molar-refractivity contribution in [3.63, 3.8) is 0 Å². The van der Waals surface area contributed by atoms with E-state index in [2.05, 4.69) is 5.32 Å². The lowest BCUT2D eigenvalue weighted by atomic mass is 10.1. The Hall–Kier alpha value is -2.75. The first-order chi connectivity index (χ1) is 9.23. The van der Waals surface area contributed by atoms with Gasteiger partial charge in [0.1, 0.15) is 5.69 Å². The fourth-order valence-electron chi connectivity index (χ4n) is 1.46. The van der Waals surface area contributed by atoms with Crippen LogP contribution in [0.2, 0.25) is 0 Å². The molecule has 1 aromatic rings. The maximum absolute atomic E-state index is 10.9. The second-order valence-corrected chi connectivity index (χ2v) is 3.92. The van der Waals surface area contributed by atoms with Crippen LogP contribution >= 0.6 is 0 Å². The standard InChI is InChI=1S/C10H11N3O7/c1-5(14)9(10(15)16)11-7-3-2-6(12(17)18)4-8(7)13(19)20/h2-5,9,11,14H,1H3,(H,15,16)/t5-,9+/m1/s1. The third-order valence-corrected chi connectivity index (χ3v) is 2.45. The predicted octanol–water partition coefficient (Wildman–Crippen LogP) is 0.749. The zero-order valence-electron chi connectivity index (χ0n) is 10.2. The molecule has 0 fully saturated rings. The molecule has 0 aliphatic heterocycles. The van der Waals surface area contributed by atoms with Gasteiger partial charge in [0, 0.05) is 6.07 Å². The first kappa shape index (κ1) is 15.3. The smallest absolute Gasteiger partial charge is 0.328 e. The van der Waals surface area contributed by atoms with Gasteiger partial charge >= 0.3 is 5.97 Å². The van der Waals surface area contributed by atoms with E-state index in [1.54, 1.807) is 0 Å². The summed E-state index contributed by atoms with van der Waals surface area (Å²) in [5.74, 6) is -1.41. The molecule has 0 aliphatic carbocycles. The molecule has 0 saturated heterocycles. The maximum atomic E-state index is 10.9. The third-order valence-electron chi connectivity index (χ3n) is 2.45. The number of carboxylic acid groups (broad SMARTS) is 1. The van der Waals surface area contributed by atoms with E-state index in [-0.39, 0.29) is 5.69 Å². The van der Waals surface area contributed by atoms with E-state index in [1.165, 1.54) is 6.92 Å². The van der Waals surface area contributed by atoms with E-state index >= 15 is 0 Å². The molecule has 0 saturated carbocycles. The summed E-state index contributed by atoms with van der Waals surface area (Å²) in [5, 5.41) is 41.9. The van der Waals surface area contributed by atoms with Crippen LogP contribution < -0.4 is 5.32 Å². The Labute approximate surface area is 111 Å². The van der Waals surface area contributed by atoms with Gasteiger partial charge < -0.3 is 15.5 Å². The third kappa shape index (κ3) is 3.38. The number of nitrogens with one attached hydrogen (secondary N) is 1. The molecular formula is C10H11N3O7. The Balaban J connectivity index is 3.20. The quantitative estimate of drug-likeness (QED) is 0.510. The SMILES string of the molecule is C[C@@H](O)[C@H](Nc1ccc([N+](=O)[O-])cc1[N+](=O)[O-])C(=O)O. The van der Waals surface area contributed by atoms with Crippen LogP contribution in [0.5, 0.6) is 0 Å². The number of hydrogen-bond donors (Lipinski definition) is 3. The van der Waals surface area contributed by atoms with Gasteiger partial charge in [-0.15, -0.1) is 0 Å². The Morgan fingerprint density at radius 3 is 2.30 bits per heavy atom. The van der Waals surface area contributed by atoms with E-state index in [0.29, 0.717) is 6.07 Å². The van der Waals surface area contributed by atoms with Crippen molar-refractivity contribution >= 4 is 23.0 Å². The second kappa shape index (κ2) is 5.93. The highest BCUT2D eigenvalue weighted by Crippen LogP contribution is 2.29. The zero-order valence-corrected chi connectivity index (χ0v) is 10.2. The molecule has 0 aromatic heterocycles. The summed E-state index contributed by atoms with van der Waals surface area (Å²) in [6.07, 6.45) is -1.32. The van der Waals surface area contributed by atoms with Gasteiger partial charge in [0.15, 0.2) is 6.04 Å². The van der Waals surface area contributed by atoms with Crippen LogP contribution in [0.4, 0.5) is 17.1 Å². The Morgan fingerprint density at radius 1 is 1.30 bits per heavy atom. The number of nitrogens with zero attached hydrogens (tertiary/aromatic N) is 2.